The van der Waals surface area contributed by atoms with Gasteiger partial charge in [-0.05, 0) is 68.4 Å². The predicted molar refractivity (Wildman–Crippen MR) is 157 cm³/mol. The van der Waals surface area contributed by atoms with Crippen LogP contribution in [0.15, 0.2) is 40.3 Å². The summed E-state index contributed by atoms with van der Waals surface area (Å²) in [6, 6.07) is 7.38. The molecule has 11 atom stereocenters. The van der Waals surface area contributed by atoms with Crippen LogP contribution in [0.2, 0.25) is 0 Å². The molecule has 0 radical (unpaired) electrons. The third-order valence-corrected chi connectivity index (χ3v) is 14.2. The fraction of sp³-hybridized carbons (Fsp3) is 0.710. The average Bonchev–Trinajstić information content (AvgIpc) is 3.20. The molecule has 3 amide bonds. The van der Waals surface area contributed by atoms with Gasteiger partial charge in [0.25, 0.3) is 0 Å². The second kappa shape index (κ2) is 9.75. The summed E-state index contributed by atoms with van der Waals surface area (Å²) in [7, 11) is -3.98. The number of carbonyl (C=O) groups excluding carboxylic acids is 2. The molecule has 230 valence electrons. The van der Waals surface area contributed by atoms with Gasteiger partial charge in [-0.1, -0.05) is 45.9 Å². The summed E-state index contributed by atoms with van der Waals surface area (Å²) in [6.45, 7) is 10.4. The maximum absolute atomic E-state index is 14.5. The molecular weight excluding hydrogens is 556 g/mol. The molecule has 1 spiro atoms. The van der Waals surface area contributed by atoms with E-state index >= 15 is 0 Å². The van der Waals surface area contributed by atoms with E-state index in [1.165, 1.54) is 0 Å². The van der Waals surface area contributed by atoms with Crippen LogP contribution in [0.3, 0.4) is 0 Å². The minimum Gasteiger partial charge on any atom is -0.393 e. The SMILES string of the molecule is CC1NC(=O)C2CC(O)C3CC4(C)C(C)CCC5C(C)(C)C(=NNC(N)=O)C(S(=O)(=O)c6ccccc6)CC54OC3C12. The molecule has 11 unspecified atom stereocenters. The summed E-state index contributed by atoms with van der Waals surface area (Å²) in [4.78, 5) is 24.9. The van der Waals surface area contributed by atoms with Gasteiger partial charge >= 0.3 is 6.03 Å². The highest BCUT2D eigenvalue weighted by Gasteiger charge is 2.73. The van der Waals surface area contributed by atoms with Gasteiger partial charge in [0, 0.05) is 29.2 Å². The molecule has 2 heterocycles. The van der Waals surface area contributed by atoms with Crippen molar-refractivity contribution >= 4 is 27.5 Å². The quantitative estimate of drug-likeness (QED) is 0.390. The van der Waals surface area contributed by atoms with Crippen LogP contribution in [-0.2, 0) is 19.4 Å². The summed E-state index contributed by atoms with van der Waals surface area (Å²) < 4.78 is 36.4. The van der Waals surface area contributed by atoms with E-state index in [4.69, 9.17) is 10.5 Å². The topological polar surface area (TPSA) is 160 Å². The number of hydrogen-bond acceptors (Lipinski definition) is 7. The van der Waals surface area contributed by atoms with Crippen LogP contribution < -0.4 is 16.5 Å². The first-order valence-corrected chi connectivity index (χ1v) is 16.8. The minimum atomic E-state index is -3.98. The van der Waals surface area contributed by atoms with Crippen LogP contribution in [0.5, 0.6) is 0 Å². The van der Waals surface area contributed by atoms with E-state index < -0.39 is 49.8 Å². The number of hydrazone groups is 1. The van der Waals surface area contributed by atoms with Crippen LogP contribution in [0.1, 0.15) is 66.7 Å². The molecule has 5 N–H and O–H groups in total. The number of nitrogens with one attached hydrogen (secondary N) is 2. The molecule has 3 saturated carbocycles. The molecule has 0 bridgehead atoms. The summed E-state index contributed by atoms with van der Waals surface area (Å²) in [5.41, 5.74) is 6.01. The highest BCUT2D eigenvalue weighted by atomic mass is 32.2. The van der Waals surface area contributed by atoms with Gasteiger partial charge in [-0.2, -0.15) is 5.10 Å². The molecular formula is C31H44N4O6S. The van der Waals surface area contributed by atoms with Crippen molar-refractivity contribution in [2.24, 2.45) is 51.3 Å². The number of amides is 3. The zero-order chi connectivity index (χ0) is 30.4. The summed E-state index contributed by atoms with van der Waals surface area (Å²) in [6.07, 6.45) is 1.89. The molecule has 2 saturated heterocycles. The van der Waals surface area contributed by atoms with Gasteiger partial charge in [-0.3, -0.25) is 4.79 Å². The fourth-order valence-electron chi connectivity index (χ4n) is 9.89. The Morgan fingerprint density at radius 1 is 1.14 bits per heavy atom. The van der Waals surface area contributed by atoms with Crippen molar-refractivity contribution < 1.29 is 27.9 Å². The Morgan fingerprint density at radius 2 is 1.83 bits per heavy atom. The first-order valence-electron chi connectivity index (χ1n) is 15.2. The first kappa shape index (κ1) is 29.6. The third-order valence-electron chi connectivity index (χ3n) is 12.1. The number of urea groups is 1. The second-order valence-corrected chi connectivity index (χ2v) is 16.4. The number of nitrogens with zero attached hydrogens (tertiary/aromatic N) is 1. The lowest BCUT2D eigenvalue weighted by atomic mass is 9.42. The number of rotatable bonds is 3. The summed E-state index contributed by atoms with van der Waals surface area (Å²) in [5.74, 6) is -0.569. The van der Waals surface area contributed by atoms with E-state index in [2.05, 4.69) is 29.7 Å². The van der Waals surface area contributed by atoms with Crippen molar-refractivity contribution in [3.8, 4) is 0 Å². The van der Waals surface area contributed by atoms with Crippen molar-refractivity contribution in [2.75, 3.05) is 0 Å². The van der Waals surface area contributed by atoms with Gasteiger partial charge in [-0.25, -0.2) is 18.6 Å². The molecule has 5 aliphatic rings. The number of fused-ring (bicyclic) bond motifs is 3. The van der Waals surface area contributed by atoms with E-state index in [0.717, 1.165) is 12.8 Å². The number of ether oxygens (including phenoxy) is 1. The van der Waals surface area contributed by atoms with E-state index in [1.807, 2.05) is 20.8 Å². The van der Waals surface area contributed by atoms with Crippen LogP contribution in [0, 0.1) is 40.4 Å². The molecule has 42 heavy (non-hydrogen) atoms. The first-order chi connectivity index (χ1) is 19.6. The molecule has 2 aliphatic heterocycles. The van der Waals surface area contributed by atoms with E-state index in [0.29, 0.717) is 18.6 Å². The third kappa shape index (κ3) is 4.02. The maximum Gasteiger partial charge on any atom is 0.332 e. The number of aliphatic hydroxyl groups excluding tert-OH is 1. The van der Waals surface area contributed by atoms with Gasteiger partial charge in [0.2, 0.25) is 5.91 Å². The smallest absolute Gasteiger partial charge is 0.332 e. The summed E-state index contributed by atoms with van der Waals surface area (Å²) >= 11 is 0. The normalized spacial score (nSPS) is 45.1. The van der Waals surface area contributed by atoms with Crippen LogP contribution in [0.25, 0.3) is 0 Å². The lowest BCUT2D eigenvalue weighted by Gasteiger charge is -2.70. The zero-order valence-corrected chi connectivity index (χ0v) is 25.9. The number of aliphatic hydroxyl groups is 1. The van der Waals surface area contributed by atoms with Crippen LogP contribution in [-0.4, -0.2) is 60.3 Å². The van der Waals surface area contributed by atoms with Gasteiger partial charge in [0.15, 0.2) is 9.84 Å². The van der Waals surface area contributed by atoms with Crippen LogP contribution >= 0.6 is 0 Å². The molecule has 1 aromatic rings. The van der Waals surface area contributed by atoms with E-state index in [1.54, 1.807) is 30.3 Å². The van der Waals surface area contributed by atoms with Gasteiger partial charge in [0.1, 0.15) is 5.25 Å². The van der Waals surface area contributed by atoms with Crippen molar-refractivity contribution in [3.05, 3.63) is 30.3 Å². The Balaban J connectivity index is 1.54. The highest BCUT2D eigenvalue weighted by Crippen LogP contribution is 2.69. The van der Waals surface area contributed by atoms with Gasteiger partial charge in [-0.15, -0.1) is 0 Å². The largest absolute Gasteiger partial charge is 0.393 e. The van der Waals surface area contributed by atoms with Crippen molar-refractivity contribution in [1.29, 1.82) is 0 Å². The number of carbonyl (C=O) groups is 2. The lowest BCUT2D eigenvalue weighted by molar-refractivity contribution is -0.319. The van der Waals surface area contributed by atoms with E-state index in [-0.39, 0.29) is 52.9 Å². The molecule has 3 aliphatic carbocycles. The Kier molecular flexibility index (Phi) is 6.87. The second-order valence-electron chi connectivity index (χ2n) is 14.3. The lowest BCUT2D eigenvalue weighted by Crippen LogP contribution is -2.75. The van der Waals surface area contributed by atoms with Crippen molar-refractivity contribution in [3.63, 3.8) is 0 Å². The van der Waals surface area contributed by atoms with Gasteiger partial charge in [0.05, 0.1) is 28.4 Å². The number of primary amides is 1. The fourth-order valence-corrected chi connectivity index (χ4v) is 11.9. The molecule has 5 fully saturated rings. The molecule has 1 aromatic carbocycles. The monoisotopic (exact) mass is 600 g/mol. The highest BCUT2D eigenvalue weighted by molar-refractivity contribution is 7.92. The number of benzene rings is 1. The number of sulfone groups is 1. The number of hydrogen-bond donors (Lipinski definition) is 4. The molecule has 11 heteroatoms. The average molecular weight is 601 g/mol. The van der Waals surface area contributed by atoms with Crippen LogP contribution in [0.4, 0.5) is 4.79 Å². The predicted octanol–water partition coefficient (Wildman–Crippen LogP) is 2.99. The van der Waals surface area contributed by atoms with Crippen molar-refractivity contribution in [2.45, 2.75) is 101 Å². The standard InChI is InChI=1S/C31H44N4O6S/c1-16-11-12-23-29(3,4)26(34-35-28(32)38)22(42(39,40)18-9-7-6-8-10-18)15-31(23)30(16,5)14-20-21(36)13-19-24(25(20)41-31)17(2)33-27(19)37/h6-10,16-17,19-25,36H,11-15H2,1-5H3,(H,33,37)(H3,32,35,38). The number of nitrogens with two attached hydrogens (primary N) is 1. The minimum absolute atomic E-state index is 0.0477. The molecule has 6 rings (SSSR count). The maximum atomic E-state index is 14.5. The summed E-state index contributed by atoms with van der Waals surface area (Å²) in [5, 5.41) is 17.8. The molecule has 0 aromatic heterocycles. The Bertz CT molecular complexity index is 1420. The van der Waals surface area contributed by atoms with E-state index in [9.17, 15) is 23.1 Å². The molecule has 10 nitrogen and oxygen atoms in total. The van der Waals surface area contributed by atoms with Crippen molar-refractivity contribution in [1.82, 2.24) is 10.7 Å². The van der Waals surface area contributed by atoms with Gasteiger partial charge < -0.3 is 20.9 Å². The Morgan fingerprint density at radius 3 is 2.50 bits per heavy atom. The Labute approximate surface area is 248 Å². The zero-order valence-electron chi connectivity index (χ0n) is 25.0. The Hall–Kier alpha value is -2.50.